The van der Waals surface area contributed by atoms with E-state index in [0.717, 1.165) is 37.1 Å². The Morgan fingerprint density at radius 3 is 2.54 bits per heavy atom. The number of hydrogen-bond acceptors (Lipinski definition) is 3. The minimum atomic E-state index is -0.142. The molecule has 2 N–H and O–H groups in total. The molecule has 3 rings (SSSR count). The number of amides is 1. The summed E-state index contributed by atoms with van der Waals surface area (Å²) in [5.41, 5.74) is 8.70. The first-order valence-corrected chi connectivity index (χ1v) is 10.6. The van der Waals surface area contributed by atoms with Gasteiger partial charge in [-0.3, -0.25) is 4.79 Å². The van der Waals surface area contributed by atoms with Crippen LogP contribution in [0.2, 0.25) is 10.0 Å². The summed E-state index contributed by atoms with van der Waals surface area (Å²) in [4.78, 5) is 14.6. The van der Waals surface area contributed by atoms with Crippen LogP contribution in [0.15, 0.2) is 42.5 Å². The van der Waals surface area contributed by atoms with Crippen molar-refractivity contribution in [1.29, 1.82) is 0 Å². The largest absolute Gasteiger partial charge is 0.398 e. The summed E-state index contributed by atoms with van der Waals surface area (Å²) in [5, 5.41) is 1.14. The summed E-state index contributed by atoms with van der Waals surface area (Å²) in [6.07, 6.45) is 3.38. The SMILES string of the molecule is Nc1ccc(Cl)cc1C(SCC(=O)N1CCCCC1)c1ccccc1Cl. The third-order valence-corrected chi connectivity index (χ3v) is 6.44. The molecule has 1 aliphatic heterocycles. The van der Waals surface area contributed by atoms with Crippen molar-refractivity contribution in [2.75, 3.05) is 24.6 Å². The van der Waals surface area contributed by atoms with E-state index < -0.39 is 0 Å². The number of rotatable bonds is 5. The molecule has 1 unspecified atom stereocenters. The molecule has 6 heteroatoms. The number of nitrogens with zero attached hydrogens (tertiary/aromatic N) is 1. The van der Waals surface area contributed by atoms with Crippen molar-refractivity contribution < 1.29 is 4.79 Å². The number of piperidine rings is 1. The van der Waals surface area contributed by atoms with Crippen LogP contribution in [-0.4, -0.2) is 29.6 Å². The number of halogens is 2. The molecule has 26 heavy (non-hydrogen) atoms. The fourth-order valence-electron chi connectivity index (χ4n) is 3.20. The van der Waals surface area contributed by atoms with E-state index in [2.05, 4.69) is 0 Å². The van der Waals surface area contributed by atoms with Crippen LogP contribution in [0.1, 0.15) is 35.6 Å². The topological polar surface area (TPSA) is 46.3 Å². The summed E-state index contributed by atoms with van der Waals surface area (Å²) >= 11 is 14.2. The van der Waals surface area contributed by atoms with Gasteiger partial charge in [-0.15, -0.1) is 11.8 Å². The van der Waals surface area contributed by atoms with Crippen molar-refractivity contribution in [2.24, 2.45) is 0 Å². The molecule has 1 saturated heterocycles. The van der Waals surface area contributed by atoms with Gasteiger partial charge in [0.2, 0.25) is 5.91 Å². The number of nitrogens with two attached hydrogens (primary N) is 1. The zero-order valence-electron chi connectivity index (χ0n) is 14.5. The van der Waals surface area contributed by atoms with Crippen LogP contribution >= 0.6 is 35.0 Å². The molecule has 1 fully saturated rings. The van der Waals surface area contributed by atoms with Crippen LogP contribution in [0.4, 0.5) is 5.69 Å². The Labute approximate surface area is 168 Å². The van der Waals surface area contributed by atoms with Gasteiger partial charge in [0.15, 0.2) is 0 Å². The molecule has 2 aromatic rings. The highest BCUT2D eigenvalue weighted by Gasteiger charge is 2.23. The van der Waals surface area contributed by atoms with E-state index in [1.54, 1.807) is 23.9 Å². The average molecular weight is 409 g/mol. The highest BCUT2D eigenvalue weighted by Crippen LogP contribution is 2.42. The highest BCUT2D eigenvalue weighted by molar-refractivity contribution is 8.00. The lowest BCUT2D eigenvalue weighted by atomic mass is 10.0. The lowest BCUT2D eigenvalue weighted by Crippen LogP contribution is -2.36. The Morgan fingerprint density at radius 1 is 1.08 bits per heavy atom. The quantitative estimate of drug-likeness (QED) is 0.672. The lowest BCUT2D eigenvalue weighted by molar-refractivity contribution is -0.129. The van der Waals surface area contributed by atoms with E-state index in [1.165, 1.54) is 6.42 Å². The molecule has 1 atom stereocenters. The van der Waals surface area contributed by atoms with Gasteiger partial charge in [0.05, 0.1) is 11.0 Å². The van der Waals surface area contributed by atoms with Crippen molar-refractivity contribution >= 4 is 46.6 Å². The molecule has 1 heterocycles. The standard InChI is InChI=1S/C20H22Cl2N2OS/c21-14-8-9-18(23)16(12-14)20(15-6-2-3-7-17(15)22)26-13-19(25)24-10-4-1-5-11-24/h2-3,6-9,12,20H,1,4-5,10-11,13,23H2. The van der Waals surface area contributed by atoms with Gasteiger partial charge in [-0.1, -0.05) is 41.4 Å². The fraction of sp³-hybridized carbons (Fsp3) is 0.350. The Kier molecular flexibility index (Phi) is 6.74. The summed E-state index contributed by atoms with van der Waals surface area (Å²) in [6, 6.07) is 13.1. The minimum absolute atomic E-state index is 0.142. The third kappa shape index (κ3) is 4.67. The molecule has 0 spiro atoms. The van der Waals surface area contributed by atoms with Gasteiger partial charge in [-0.05, 0) is 54.7 Å². The van der Waals surface area contributed by atoms with Crippen molar-refractivity contribution in [2.45, 2.75) is 24.5 Å². The molecule has 0 bridgehead atoms. The van der Waals surface area contributed by atoms with Crippen molar-refractivity contribution in [3.63, 3.8) is 0 Å². The van der Waals surface area contributed by atoms with Gasteiger partial charge < -0.3 is 10.6 Å². The van der Waals surface area contributed by atoms with E-state index in [9.17, 15) is 4.79 Å². The summed E-state index contributed by atoms with van der Waals surface area (Å²) in [6.45, 7) is 1.71. The van der Waals surface area contributed by atoms with E-state index in [1.807, 2.05) is 35.2 Å². The summed E-state index contributed by atoms with van der Waals surface area (Å²) < 4.78 is 0. The van der Waals surface area contributed by atoms with E-state index in [0.29, 0.717) is 21.5 Å². The normalized spacial score (nSPS) is 15.7. The van der Waals surface area contributed by atoms with Crippen molar-refractivity contribution in [1.82, 2.24) is 4.90 Å². The second-order valence-electron chi connectivity index (χ2n) is 6.43. The van der Waals surface area contributed by atoms with Crippen LogP contribution < -0.4 is 5.73 Å². The second kappa shape index (κ2) is 9.03. The Hall–Kier alpha value is -1.36. The molecule has 3 nitrogen and oxygen atoms in total. The van der Waals surface area contributed by atoms with Crippen LogP contribution in [0.25, 0.3) is 0 Å². The number of nitrogen functional groups attached to an aromatic ring is 1. The van der Waals surface area contributed by atoms with Gasteiger partial charge in [-0.2, -0.15) is 0 Å². The number of carbonyl (C=O) groups excluding carboxylic acids is 1. The Morgan fingerprint density at radius 2 is 1.81 bits per heavy atom. The van der Waals surface area contributed by atoms with Gasteiger partial charge in [0.25, 0.3) is 0 Å². The van der Waals surface area contributed by atoms with Gasteiger partial charge in [-0.25, -0.2) is 0 Å². The molecule has 0 aromatic heterocycles. The smallest absolute Gasteiger partial charge is 0.232 e. The fourth-order valence-corrected chi connectivity index (χ4v) is 4.95. The minimum Gasteiger partial charge on any atom is -0.398 e. The number of anilines is 1. The molecule has 2 aromatic carbocycles. The average Bonchev–Trinajstić information content (AvgIpc) is 2.66. The second-order valence-corrected chi connectivity index (χ2v) is 8.36. The third-order valence-electron chi connectivity index (χ3n) is 4.60. The Balaban J connectivity index is 1.85. The molecule has 1 amide bonds. The first kappa shape index (κ1) is 19.4. The van der Waals surface area contributed by atoms with Crippen molar-refractivity contribution in [3.8, 4) is 0 Å². The molecule has 1 aliphatic rings. The molecule has 0 saturated carbocycles. The molecule has 0 radical (unpaired) electrons. The summed E-state index contributed by atoms with van der Waals surface area (Å²) in [7, 11) is 0. The van der Waals surface area contributed by atoms with Gasteiger partial charge in [0.1, 0.15) is 0 Å². The predicted molar refractivity (Wildman–Crippen MR) is 112 cm³/mol. The zero-order valence-corrected chi connectivity index (χ0v) is 16.8. The number of likely N-dealkylation sites (tertiary alicyclic amines) is 1. The maximum atomic E-state index is 12.6. The van der Waals surface area contributed by atoms with Crippen LogP contribution in [0, 0.1) is 0 Å². The first-order chi connectivity index (χ1) is 12.6. The maximum Gasteiger partial charge on any atom is 0.232 e. The summed E-state index contributed by atoms with van der Waals surface area (Å²) in [5.74, 6) is 0.564. The molecule has 138 valence electrons. The van der Waals surface area contributed by atoms with E-state index in [4.69, 9.17) is 28.9 Å². The monoisotopic (exact) mass is 408 g/mol. The van der Waals surface area contributed by atoms with Gasteiger partial charge >= 0.3 is 0 Å². The maximum absolute atomic E-state index is 12.6. The number of hydrogen-bond donors (Lipinski definition) is 1. The van der Waals surface area contributed by atoms with E-state index in [-0.39, 0.29) is 11.2 Å². The van der Waals surface area contributed by atoms with Gasteiger partial charge in [0, 0.05) is 28.8 Å². The van der Waals surface area contributed by atoms with E-state index >= 15 is 0 Å². The molecular weight excluding hydrogens is 387 g/mol. The van der Waals surface area contributed by atoms with Crippen LogP contribution in [-0.2, 0) is 4.79 Å². The van der Waals surface area contributed by atoms with Crippen molar-refractivity contribution in [3.05, 3.63) is 63.6 Å². The number of thioether (sulfide) groups is 1. The van der Waals surface area contributed by atoms with Crippen LogP contribution in [0.5, 0.6) is 0 Å². The Bertz CT molecular complexity index is 778. The number of benzene rings is 2. The lowest BCUT2D eigenvalue weighted by Gasteiger charge is -2.28. The predicted octanol–water partition coefficient (Wildman–Crippen LogP) is 5.41. The molecule has 0 aliphatic carbocycles. The highest BCUT2D eigenvalue weighted by atomic mass is 35.5. The number of carbonyl (C=O) groups is 1. The zero-order chi connectivity index (χ0) is 18.5. The first-order valence-electron chi connectivity index (χ1n) is 8.75. The van der Waals surface area contributed by atoms with Crippen LogP contribution in [0.3, 0.4) is 0 Å². The molecular formula is C20H22Cl2N2OS.